The van der Waals surface area contributed by atoms with Gasteiger partial charge in [-0.15, -0.1) is 0 Å². The predicted octanol–water partition coefficient (Wildman–Crippen LogP) is 0.138. The van der Waals surface area contributed by atoms with E-state index in [0.29, 0.717) is 11.3 Å². The van der Waals surface area contributed by atoms with Gasteiger partial charge in [0.1, 0.15) is 11.2 Å². The van der Waals surface area contributed by atoms with E-state index in [1.165, 1.54) is 11.9 Å². The molecule has 0 saturated carbocycles. The molecule has 3 heterocycles. The second-order valence-electron chi connectivity index (χ2n) is 6.79. The fourth-order valence-corrected chi connectivity index (χ4v) is 3.39. The number of urea groups is 1. The Morgan fingerprint density at radius 2 is 2.15 bits per heavy atom. The predicted molar refractivity (Wildman–Crippen MR) is 91.9 cm³/mol. The summed E-state index contributed by atoms with van der Waals surface area (Å²) in [4.78, 5) is 42.9. The van der Waals surface area contributed by atoms with Gasteiger partial charge in [-0.2, -0.15) is 0 Å². The molecule has 3 N–H and O–H groups in total. The molecule has 0 aromatic carbocycles. The van der Waals surface area contributed by atoms with Gasteiger partial charge >= 0.3 is 6.03 Å². The van der Waals surface area contributed by atoms with Crippen LogP contribution in [0.2, 0.25) is 0 Å². The standard InChI is InChI=1S/C17H23N5O4/c1-10(2)16(3)14(24)21-17(26-9-8-20-15(25)18-4)12-11(6-5-7-19-12)13(23)22(16)17/h5-7,10H,8-9H2,1-4H3,(H,21,24)(H2,18,20,25). The Labute approximate surface area is 151 Å². The highest BCUT2D eigenvalue weighted by molar-refractivity contribution is 6.06. The van der Waals surface area contributed by atoms with Crippen LogP contribution < -0.4 is 16.0 Å². The van der Waals surface area contributed by atoms with E-state index in [9.17, 15) is 14.4 Å². The molecule has 2 unspecified atom stereocenters. The van der Waals surface area contributed by atoms with Crippen molar-refractivity contribution < 1.29 is 19.1 Å². The van der Waals surface area contributed by atoms with Crippen LogP contribution in [0.3, 0.4) is 0 Å². The third kappa shape index (κ3) is 2.34. The first-order chi connectivity index (χ1) is 12.3. The number of amides is 4. The number of hydrogen-bond donors (Lipinski definition) is 3. The van der Waals surface area contributed by atoms with E-state index < -0.39 is 11.4 Å². The molecule has 1 saturated heterocycles. The summed E-state index contributed by atoms with van der Waals surface area (Å²) in [7, 11) is 1.51. The Morgan fingerprint density at radius 1 is 1.42 bits per heavy atom. The summed E-state index contributed by atoms with van der Waals surface area (Å²) in [5, 5.41) is 7.90. The number of ether oxygens (including phenoxy) is 1. The molecule has 2 aliphatic rings. The van der Waals surface area contributed by atoms with E-state index in [2.05, 4.69) is 20.9 Å². The fraction of sp³-hybridized carbons (Fsp3) is 0.529. The van der Waals surface area contributed by atoms with Gasteiger partial charge in [-0.1, -0.05) is 13.8 Å². The molecule has 26 heavy (non-hydrogen) atoms. The average molecular weight is 361 g/mol. The normalized spacial score (nSPS) is 26.6. The van der Waals surface area contributed by atoms with Gasteiger partial charge in [0.15, 0.2) is 0 Å². The van der Waals surface area contributed by atoms with E-state index >= 15 is 0 Å². The quantitative estimate of drug-likeness (QED) is 0.646. The molecule has 1 aromatic rings. The number of hydrogen-bond acceptors (Lipinski definition) is 5. The second kappa shape index (κ2) is 6.24. The molecule has 9 nitrogen and oxygen atoms in total. The Bertz CT molecular complexity index is 767. The van der Waals surface area contributed by atoms with Gasteiger partial charge in [-0.05, 0) is 25.0 Å². The molecular formula is C17H23N5O4. The van der Waals surface area contributed by atoms with Crippen molar-refractivity contribution in [3.63, 3.8) is 0 Å². The largest absolute Gasteiger partial charge is 0.341 e. The van der Waals surface area contributed by atoms with Gasteiger partial charge < -0.3 is 20.7 Å². The third-order valence-corrected chi connectivity index (χ3v) is 5.13. The van der Waals surface area contributed by atoms with Crippen LogP contribution in [-0.2, 0) is 15.4 Å². The van der Waals surface area contributed by atoms with Crippen LogP contribution in [0.4, 0.5) is 4.79 Å². The average Bonchev–Trinajstić information content (AvgIpc) is 3.01. The molecule has 2 aliphatic heterocycles. The molecule has 1 aromatic heterocycles. The Balaban J connectivity index is 1.97. The number of carbonyl (C=O) groups excluding carboxylic acids is 3. The van der Waals surface area contributed by atoms with Crippen LogP contribution >= 0.6 is 0 Å². The van der Waals surface area contributed by atoms with Crippen molar-refractivity contribution in [1.29, 1.82) is 0 Å². The maximum atomic E-state index is 13.1. The molecule has 0 aliphatic carbocycles. The van der Waals surface area contributed by atoms with E-state index in [1.807, 2.05) is 13.8 Å². The van der Waals surface area contributed by atoms with Gasteiger partial charge in [-0.3, -0.25) is 19.5 Å². The lowest BCUT2D eigenvalue weighted by Crippen LogP contribution is -2.56. The van der Waals surface area contributed by atoms with Crippen LogP contribution in [-0.4, -0.2) is 53.5 Å². The lowest BCUT2D eigenvalue weighted by molar-refractivity contribution is -0.155. The minimum Gasteiger partial charge on any atom is -0.341 e. The lowest BCUT2D eigenvalue weighted by Gasteiger charge is -2.39. The summed E-state index contributed by atoms with van der Waals surface area (Å²) < 4.78 is 5.99. The van der Waals surface area contributed by atoms with Crippen LogP contribution in [0.1, 0.15) is 36.8 Å². The topological polar surface area (TPSA) is 113 Å². The molecule has 9 heteroatoms. The van der Waals surface area contributed by atoms with Crippen molar-refractivity contribution >= 4 is 17.8 Å². The zero-order valence-corrected chi connectivity index (χ0v) is 15.3. The first-order valence-electron chi connectivity index (χ1n) is 8.51. The molecule has 0 bridgehead atoms. The summed E-state index contributed by atoms with van der Waals surface area (Å²) in [6.07, 6.45) is 1.56. The molecule has 3 rings (SSSR count). The van der Waals surface area contributed by atoms with E-state index in [4.69, 9.17) is 4.74 Å². The third-order valence-electron chi connectivity index (χ3n) is 5.13. The smallest absolute Gasteiger partial charge is 0.314 e. The SMILES string of the molecule is CNC(=O)NCCOC12NC(=O)C(C)(C(C)C)N1C(=O)c1cccnc12. The zero-order valence-electron chi connectivity index (χ0n) is 15.3. The minimum atomic E-state index is -1.46. The van der Waals surface area contributed by atoms with E-state index in [1.54, 1.807) is 25.3 Å². The zero-order chi connectivity index (χ0) is 19.1. The molecule has 0 spiro atoms. The van der Waals surface area contributed by atoms with Crippen molar-refractivity contribution in [2.45, 2.75) is 32.2 Å². The van der Waals surface area contributed by atoms with Crippen LogP contribution in [0.5, 0.6) is 0 Å². The van der Waals surface area contributed by atoms with Crippen molar-refractivity contribution in [3.8, 4) is 0 Å². The van der Waals surface area contributed by atoms with Crippen molar-refractivity contribution in [3.05, 3.63) is 29.6 Å². The van der Waals surface area contributed by atoms with Crippen molar-refractivity contribution in [1.82, 2.24) is 25.8 Å². The molecule has 140 valence electrons. The summed E-state index contributed by atoms with van der Waals surface area (Å²) in [5.74, 6) is -2.21. The highest BCUT2D eigenvalue weighted by Gasteiger charge is 2.68. The van der Waals surface area contributed by atoms with Crippen LogP contribution in [0.15, 0.2) is 18.3 Å². The molecular weight excluding hydrogens is 338 g/mol. The van der Waals surface area contributed by atoms with E-state index in [0.717, 1.165) is 0 Å². The Kier molecular flexibility index (Phi) is 4.35. The van der Waals surface area contributed by atoms with Crippen molar-refractivity contribution in [2.24, 2.45) is 5.92 Å². The van der Waals surface area contributed by atoms with Crippen LogP contribution in [0, 0.1) is 5.92 Å². The first kappa shape index (κ1) is 18.1. The monoisotopic (exact) mass is 361 g/mol. The first-order valence-corrected chi connectivity index (χ1v) is 8.51. The molecule has 1 fully saturated rings. The number of aromatic nitrogens is 1. The summed E-state index contributed by atoms with van der Waals surface area (Å²) in [6, 6.07) is 3.00. The molecule has 0 radical (unpaired) electrons. The molecule has 2 atom stereocenters. The van der Waals surface area contributed by atoms with Crippen LogP contribution in [0.25, 0.3) is 0 Å². The second-order valence-corrected chi connectivity index (χ2v) is 6.79. The maximum absolute atomic E-state index is 13.1. The number of fused-ring (bicyclic) bond motifs is 3. The number of pyridine rings is 1. The fourth-order valence-electron chi connectivity index (χ4n) is 3.39. The summed E-state index contributed by atoms with van der Waals surface area (Å²) in [6.45, 7) is 5.78. The van der Waals surface area contributed by atoms with Gasteiger partial charge in [0.2, 0.25) is 5.91 Å². The Morgan fingerprint density at radius 3 is 2.81 bits per heavy atom. The lowest BCUT2D eigenvalue weighted by atomic mass is 9.87. The Hall–Kier alpha value is -2.68. The number of nitrogens with one attached hydrogen (secondary N) is 3. The highest BCUT2D eigenvalue weighted by atomic mass is 16.5. The number of nitrogens with zero attached hydrogens (tertiary/aromatic N) is 2. The maximum Gasteiger partial charge on any atom is 0.314 e. The molecule has 4 amide bonds. The van der Waals surface area contributed by atoms with Gasteiger partial charge in [0.25, 0.3) is 11.8 Å². The minimum absolute atomic E-state index is 0.0850. The van der Waals surface area contributed by atoms with Gasteiger partial charge in [-0.25, -0.2) is 4.79 Å². The van der Waals surface area contributed by atoms with Gasteiger partial charge in [0.05, 0.1) is 12.2 Å². The summed E-state index contributed by atoms with van der Waals surface area (Å²) >= 11 is 0. The number of rotatable bonds is 5. The van der Waals surface area contributed by atoms with Gasteiger partial charge in [0, 0.05) is 19.8 Å². The highest BCUT2D eigenvalue weighted by Crippen LogP contribution is 2.48. The van der Waals surface area contributed by atoms with Crippen molar-refractivity contribution in [2.75, 3.05) is 20.2 Å². The van der Waals surface area contributed by atoms with E-state index in [-0.39, 0.29) is 36.9 Å². The number of carbonyl (C=O) groups is 3. The summed E-state index contributed by atoms with van der Waals surface area (Å²) in [5.41, 5.74) is -0.312.